The fourth-order valence-electron chi connectivity index (χ4n) is 3.31. The molecule has 1 aromatic carbocycles. The Hall–Kier alpha value is -3.42. The maximum absolute atomic E-state index is 13.3. The third-order valence-corrected chi connectivity index (χ3v) is 4.78. The van der Waals surface area contributed by atoms with Crippen LogP contribution in [0, 0.1) is 5.82 Å². The third-order valence-electron chi connectivity index (χ3n) is 4.78. The number of carbonyl (C=O) groups is 2. The summed E-state index contributed by atoms with van der Waals surface area (Å²) in [4.78, 5) is 27.2. The zero-order chi connectivity index (χ0) is 19.5. The Morgan fingerprint density at radius 3 is 2.79 bits per heavy atom. The minimum absolute atomic E-state index is 0.142. The van der Waals surface area contributed by atoms with Crippen LogP contribution in [0.1, 0.15) is 18.4 Å². The largest absolute Gasteiger partial charge is 0.364 e. The van der Waals surface area contributed by atoms with E-state index in [1.54, 1.807) is 18.3 Å². The van der Waals surface area contributed by atoms with Gasteiger partial charge in [0.25, 0.3) is 0 Å². The van der Waals surface area contributed by atoms with E-state index < -0.39 is 6.04 Å². The van der Waals surface area contributed by atoms with Gasteiger partial charge < -0.3 is 20.1 Å². The Morgan fingerprint density at radius 2 is 2.11 bits per heavy atom. The van der Waals surface area contributed by atoms with E-state index in [0.717, 1.165) is 28.1 Å². The molecule has 7 nitrogen and oxygen atoms in total. The number of nitrogens with zero attached hydrogens (tertiary/aromatic N) is 1. The summed E-state index contributed by atoms with van der Waals surface area (Å²) >= 11 is 0. The number of H-pyrrole nitrogens is 1. The van der Waals surface area contributed by atoms with E-state index in [0.29, 0.717) is 19.4 Å². The first-order valence-electron chi connectivity index (χ1n) is 9.05. The van der Waals surface area contributed by atoms with Crippen LogP contribution in [-0.4, -0.2) is 34.5 Å². The van der Waals surface area contributed by atoms with E-state index in [1.807, 2.05) is 6.07 Å². The summed E-state index contributed by atoms with van der Waals surface area (Å²) in [6.45, 7) is 0.582. The van der Waals surface area contributed by atoms with Crippen LogP contribution < -0.4 is 10.6 Å². The summed E-state index contributed by atoms with van der Waals surface area (Å²) in [5.41, 5.74) is 4.11. The van der Waals surface area contributed by atoms with Crippen LogP contribution in [0.3, 0.4) is 0 Å². The Kier molecular flexibility index (Phi) is 4.92. The Balaban J connectivity index is 1.53. The van der Waals surface area contributed by atoms with Crippen molar-refractivity contribution in [1.82, 2.24) is 20.8 Å². The van der Waals surface area contributed by atoms with Gasteiger partial charge in [-0.25, -0.2) is 4.39 Å². The van der Waals surface area contributed by atoms with Gasteiger partial charge in [-0.3, -0.25) is 9.59 Å². The second kappa shape index (κ2) is 7.67. The lowest BCUT2D eigenvalue weighted by atomic mass is 10.0. The van der Waals surface area contributed by atoms with Gasteiger partial charge in [-0.05, 0) is 54.3 Å². The molecular weight excluding hydrogens is 363 g/mol. The average Bonchev–Trinajstić information content (AvgIpc) is 3.42. The molecule has 0 spiro atoms. The predicted octanol–water partition coefficient (Wildman–Crippen LogP) is 2.41. The predicted molar refractivity (Wildman–Crippen MR) is 99.6 cm³/mol. The third kappa shape index (κ3) is 3.80. The van der Waals surface area contributed by atoms with E-state index in [2.05, 4.69) is 20.8 Å². The molecule has 2 aromatic heterocycles. The van der Waals surface area contributed by atoms with Gasteiger partial charge in [-0.1, -0.05) is 5.16 Å². The second-order valence-corrected chi connectivity index (χ2v) is 6.70. The number of nitrogens with one attached hydrogen (secondary N) is 3. The van der Waals surface area contributed by atoms with Crippen molar-refractivity contribution in [3.8, 4) is 22.5 Å². The standard InChI is InChI=1S/C20H19FN4O3/c21-15-4-1-12(2-5-15)19-13(9-17(25-19)14-10-23-28-11-14)3-6-18(26)24-16-7-8-22-20(16)27/h1-2,4-5,9-11,16,25H,3,6-8H2,(H,22,27)(H,24,26). The molecule has 0 bridgehead atoms. The topological polar surface area (TPSA) is 100 Å². The number of hydrogen-bond acceptors (Lipinski definition) is 4. The summed E-state index contributed by atoms with van der Waals surface area (Å²) < 4.78 is 18.2. The number of rotatable bonds is 6. The van der Waals surface area contributed by atoms with Crippen molar-refractivity contribution in [3.05, 3.63) is 54.2 Å². The summed E-state index contributed by atoms with van der Waals surface area (Å²) in [7, 11) is 0. The number of aromatic nitrogens is 2. The zero-order valence-electron chi connectivity index (χ0n) is 15.0. The summed E-state index contributed by atoms with van der Waals surface area (Å²) in [5, 5.41) is 9.18. The minimum atomic E-state index is -0.456. The lowest BCUT2D eigenvalue weighted by molar-refractivity contribution is -0.127. The molecule has 1 unspecified atom stereocenters. The van der Waals surface area contributed by atoms with Crippen LogP contribution >= 0.6 is 0 Å². The van der Waals surface area contributed by atoms with E-state index >= 15 is 0 Å². The molecule has 28 heavy (non-hydrogen) atoms. The van der Waals surface area contributed by atoms with E-state index in [4.69, 9.17) is 4.52 Å². The monoisotopic (exact) mass is 382 g/mol. The number of halogens is 1. The van der Waals surface area contributed by atoms with E-state index in [-0.39, 0.29) is 24.1 Å². The van der Waals surface area contributed by atoms with Crippen molar-refractivity contribution in [3.63, 3.8) is 0 Å². The molecule has 8 heteroatoms. The Labute approximate surface area is 160 Å². The zero-order valence-corrected chi connectivity index (χ0v) is 15.0. The van der Waals surface area contributed by atoms with Gasteiger partial charge in [0.15, 0.2) is 0 Å². The molecule has 1 aliphatic rings. The molecular formula is C20H19FN4O3. The molecule has 3 aromatic rings. The van der Waals surface area contributed by atoms with Crippen LogP contribution in [0.2, 0.25) is 0 Å². The number of benzene rings is 1. The van der Waals surface area contributed by atoms with E-state index in [9.17, 15) is 14.0 Å². The van der Waals surface area contributed by atoms with Gasteiger partial charge >= 0.3 is 0 Å². The lowest BCUT2D eigenvalue weighted by Crippen LogP contribution is -2.40. The fraction of sp³-hybridized carbons (Fsp3) is 0.250. The molecule has 1 aliphatic heterocycles. The molecule has 1 atom stereocenters. The summed E-state index contributed by atoms with van der Waals surface area (Å²) in [5.74, 6) is -0.637. The highest BCUT2D eigenvalue weighted by Crippen LogP contribution is 2.30. The van der Waals surface area contributed by atoms with Gasteiger partial charge in [-0.2, -0.15) is 0 Å². The van der Waals surface area contributed by atoms with Crippen LogP contribution in [0.25, 0.3) is 22.5 Å². The highest BCUT2D eigenvalue weighted by Gasteiger charge is 2.25. The Morgan fingerprint density at radius 1 is 1.29 bits per heavy atom. The molecule has 1 saturated heterocycles. The molecule has 4 rings (SSSR count). The SMILES string of the molecule is O=C(CCc1cc(-c2cnoc2)[nH]c1-c1ccc(F)cc1)NC1CCNC1=O. The first-order chi connectivity index (χ1) is 13.6. The van der Waals surface area contributed by atoms with Gasteiger partial charge in [0.05, 0.1) is 17.5 Å². The molecule has 0 aliphatic carbocycles. The molecule has 144 valence electrons. The fourth-order valence-corrected chi connectivity index (χ4v) is 3.31. The number of hydrogen-bond donors (Lipinski definition) is 3. The van der Waals surface area contributed by atoms with Gasteiger partial charge in [0.2, 0.25) is 11.8 Å². The molecule has 0 saturated carbocycles. The molecule has 3 heterocycles. The smallest absolute Gasteiger partial charge is 0.242 e. The van der Waals surface area contributed by atoms with Crippen molar-refractivity contribution in [2.24, 2.45) is 0 Å². The first-order valence-corrected chi connectivity index (χ1v) is 9.05. The van der Waals surface area contributed by atoms with Crippen molar-refractivity contribution in [2.45, 2.75) is 25.3 Å². The minimum Gasteiger partial charge on any atom is -0.364 e. The summed E-state index contributed by atoms with van der Waals surface area (Å²) in [6.07, 6.45) is 4.42. The number of carbonyl (C=O) groups excluding carboxylic acids is 2. The van der Waals surface area contributed by atoms with Crippen LogP contribution in [0.4, 0.5) is 4.39 Å². The first kappa shape index (κ1) is 18.0. The highest BCUT2D eigenvalue weighted by molar-refractivity contribution is 5.89. The number of amides is 2. The number of aryl methyl sites for hydroxylation is 1. The molecule has 1 fully saturated rings. The lowest BCUT2D eigenvalue weighted by Gasteiger charge is -2.10. The maximum atomic E-state index is 13.3. The van der Waals surface area contributed by atoms with Crippen molar-refractivity contribution in [1.29, 1.82) is 0 Å². The Bertz CT molecular complexity index is 980. The van der Waals surface area contributed by atoms with E-state index in [1.165, 1.54) is 18.4 Å². The van der Waals surface area contributed by atoms with Crippen molar-refractivity contribution < 1.29 is 18.5 Å². The van der Waals surface area contributed by atoms with Crippen molar-refractivity contribution >= 4 is 11.8 Å². The van der Waals surface area contributed by atoms with Crippen LogP contribution in [0.15, 0.2) is 47.3 Å². The average molecular weight is 382 g/mol. The van der Waals surface area contributed by atoms with Crippen LogP contribution in [-0.2, 0) is 16.0 Å². The highest BCUT2D eigenvalue weighted by atomic mass is 19.1. The second-order valence-electron chi connectivity index (χ2n) is 6.70. The van der Waals surface area contributed by atoms with Gasteiger partial charge in [0.1, 0.15) is 18.1 Å². The normalized spacial score (nSPS) is 16.2. The molecule has 2 amide bonds. The molecule has 0 radical (unpaired) electrons. The van der Waals surface area contributed by atoms with Gasteiger partial charge in [-0.15, -0.1) is 0 Å². The molecule has 3 N–H and O–H groups in total. The van der Waals surface area contributed by atoms with Crippen LogP contribution in [0.5, 0.6) is 0 Å². The summed E-state index contributed by atoms with van der Waals surface area (Å²) in [6, 6.07) is 7.63. The van der Waals surface area contributed by atoms with Gasteiger partial charge in [0, 0.05) is 18.7 Å². The quantitative estimate of drug-likeness (QED) is 0.610. The number of aromatic amines is 1. The maximum Gasteiger partial charge on any atom is 0.242 e. The van der Waals surface area contributed by atoms with Crippen molar-refractivity contribution in [2.75, 3.05) is 6.54 Å².